The molecule has 0 radical (unpaired) electrons. The minimum atomic E-state index is -0.221. The Labute approximate surface area is 140 Å². The maximum Gasteiger partial charge on any atom is 0.274 e. The van der Waals surface area contributed by atoms with Crippen molar-refractivity contribution in [1.82, 2.24) is 19.5 Å². The number of anilines is 1. The highest BCUT2D eigenvalue weighted by Crippen LogP contribution is 2.11. The third-order valence-electron chi connectivity index (χ3n) is 3.66. The fourth-order valence-electron chi connectivity index (χ4n) is 2.48. The van der Waals surface area contributed by atoms with Gasteiger partial charge in [0.25, 0.3) is 5.91 Å². The van der Waals surface area contributed by atoms with Crippen LogP contribution in [0.1, 0.15) is 34.4 Å². The third kappa shape index (κ3) is 3.65. The van der Waals surface area contributed by atoms with E-state index in [2.05, 4.69) is 20.3 Å². The van der Waals surface area contributed by atoms with Crippen LogP contribution in [0.25, 0.3) is 0 Å². The van der Waals surface area contributed by atoms with Crippen molar-refractivity contribution in [2.45, 2.75) is 26.8 Å². The van der Waals surface area contributed by atoms with Crippen LogP contribution in [0.3, 0.4) is 0 Å². The normalized spacial score (nSPS) is 10.6. The van der Waals surface area contributed by atoms with Gasteiger partial charge in [0.2, 0.25) is 5.95 Å². The maximum absolute atomic E-state index is 12.6. The Morgan fingerprint density at radius 3 is 2.75 bits per heavy atom. The SMILES string of the molecule is CCc1cc(C)nc(NC(=O)c2cccn2Cc2ccncc2)n1. The van der Waals surface area contributed by atoms with Crippen molar-refractivity contribution in [2.75, 3.05) is 5.32 Å². The lowest BCUT2D eigenvalue weighted by Gasteiger charge is -2.10. The van der Waals surface area contributed by atoms with Crippen LogP contribution in [-0.2, 0) is 13.0 Å². The number of hydrogen-bond acceptors (Lipinski definition) is 4. The van der Waals surface area contributed by atoms with Gasteiger partial charge in [0.05, 0.1) is 0 Å². The molecule has 0 saturated carbocycles. The molecule has 0 aromatic carbocycles. The van der Waals surface area contributed by atoms with Gasteiger partial charge in [-0.25, -0.2) is 9.97 Å². The van der Waals surface area contributed by atoms with Crippen molar-refractivity contribution in [1.29, 1.82) is 0 Å². The number of pyridine rings is 1. The Hall–Kier alpha value is -3.02. The van der Waals surface area contributed by atoms with Gasteiger partial charge < -0.3 is 4.57 Å². The summed E-state index contributed by atoms with van der Waals surface area (Å²) in [5, 5.41) is 2.79. The number of aryl methyl sites for hydroxylation is 2. The molecule has 0 unspecified atom stereocenters. The van der Waals surface area contributed by atoms with Crippen molar-refractivity contribution >= 4 is 11.9 Å². The smallest absolute Gasteiger partial charge is 0.274 e. The van der Waals surface area contributed by atoms with Crippen molar-refractivity contribution in [3.8, 4) is 0 Å². The van der Waals surface area contributed by atoms with E-state index in [1.54, 1.807) is 18.5 Å². The van der Waals surface area contributed by atoms with E-state index in [0.29, 0.717) is 18.2 Å². The summed E-state index contributed by atoms with van der Waals surface area (Å²) in [6.07, 6.45) is 6.16. The number of aromatic nitrogens is 4. The fourth-order valence-corrected chi connectivity index (χ4v) is 2.48. The number of rotatable bonds is 5. The van der Waals surface area contributed by atoms with Gasteiger partial charge in [0.1, 0.15) is 5.69 Å². The first kappa shape index (κ1) is 15.9. The molecule has 122 valence electrons. The van der Waals surface area contributed by atoms with E-state index >= 15 is 0 Å². The summed E-state index contributed by atoms with van der Waals surface area (Å²) < 4.78 is 1.89. The zero-order chi connectivity index (χ0) is 16.9. The molecule has 1 amide bonds. The van der Waals surface area contributed by atoms with Crippen LogP contribution >= 0.6 is 0 Å². The van der Waals surface area contributed by atoms with E-state index in [-0.39, 0.29) is 5.91 Å². The van der Waals surface area contributed by atoms with Crippen LogP contribution < -0.4 is 5.32 Å². The van der Waals surface area contributed by atoms with Gasteiger partial charge in [-0.2, -0.15) is 0 Å². The number of amides is 1. The summed E-state index contributed by atoms with van der Waals surface area (Å²) in [5.41, 5.74) is 3.39. The van der Waals surface area contributed by atoms with Gasteiger partial charge in [-0.05, 0) is 49.2 Å². The fraction of sp³-hybridized carbons (Fsp3) is 0.222. The van der Waals surface area contributed by atoms with Gasteiger partial charge in [0.15, 0.2) is 0 Å². The largest absolute Gasteiger partial charge is 0.339 e. The van der Waals surface area contributed by atoms with Crippen LogP contribution in [0.5, 0.6) is 0 Å². The summed E-state index contributed by atoms with van der Waals surface area (Å²) in [7, 11) is 0. The average Bonchev–Trinajstić information content (AvgIpc) is 3.03. The second-order valence-corrected chi connectivity index (χ2v) is 5.51. The standard InChI is InChI=1S/C18H19N5O/c1-3-15-11-13(2)20-18(21-15)22-17(24)16-5-4-10-23(16)12-14-6-8-19-9-7-14/h4-11H,3,12H2,1-2H3,(H,20,21,22,24). The summed E-state index contributed by atoms with van der Waals surface area (Å²) in [6.45, 7) is 4.52. The van der Waals surface area contributed by atoms with Gasteiger partial charge in [-0.1, -0.05) is 6.92 Å². The molecule has 6 nitrogen and oxygen atoms in total. The molecule has 0 spiro atoms. The Kier molecular flexibility index (Phi) is 4.65. The van der Waals surface area contributed by atoms with Crippen molar-refractivity contribution in [3.05, 3.63) is 71.6 Å². The van der Waals surface area contributed by atoms with Crippen molar-refractivity contribution < 1.29 is 4.79 Å². The van der Waals surface area contributed by atoms with E-state index in [0.717, 1.165) is 23.4 Å². The lowest BCUT2D eigenvalue weighted by Crippen LogP contribution is -2.19. The lowest BCUT2D eigenvalue weighted by molar-refractivity contribution is 0.101. The monoisotopic (exact) mass is 321 g/mol. The Morgan fingerprint density at radius 2 is 2.00 bits per heavy atom. The highest BCUT2D eigenvalue weighted by molar-refractivity contribution is 6.02. The molecule has 3 heterocycles. The number of nitrogens with zero attached hydrogens (tertiary/aromatic N) is 4. The minimum Gasteiger partial charge on any atom is -0.339 e. The van der Waals surface area contributed by atoms with Crippen LogP contribution in [0.15, 0.2) is 48.9 Å². The van der Waals surface area contributed by atoms with Gasteiger partial charge >= 0.3 is 0 Å². The van der Waals surface area contributed by atoms with E-state index in [1.807, 2.05) is 48.9 Å². The Morgan fingerprint density at radius 1 is 1.21 bits per heavy atom. The second kappa shape index (κ2) is 7.04. The van der Waals surface area contributed by atoms with Crippen LogP contribution in [0, 0.1) is 6.92 Å². The lowest BCUT2D eigenvalue weighted by atomic mass is 10.2. The predicted molar refractivity (Wildman–Crippen MR) is 91.9 cm³/mol. The zero-order valence-corrected chi connectivity index (χ0v) is 13.7. The molecule has 6 heteroatoms. The zero-order valence-electron chi connectivity index (χ0n) is 13.7. The van der Waals surface area contributed by atoms with Crippen molar-refractivity contribution in [2.24, 2.45) is 0 Å². The van der Waals surface area contributed by atoms with E-state index in [1.165, 1.54) is 0 Å². The summed E-state index contributed by atoms with van der Waals surface area (Å²) in [4.78, 5) is 25.2. The highest BCUT2D eigenvalue weighted by atomic mass is 16.2. The molecule has 0 atom stereocenters. The summed E-state index contributed by atoms with van der Waals surface area (Å²) in [6, 6.07) is 9.41. The topological polar surface area (TPSA) is 72.7 Å². The van der Waals surface area contributed by atoms with Gasteiger partial charge in [-0.15, -0.1) is 0 Å². The molecule has 1 N–H and O–H groups in total. The first-order valence-electron chi connectivity index (χ1n) is 7.85. The van der Waals surface area contributed by atoms with Crippen molar-refractivity contribution in [3.63, 3.8) is 0 Å². The summed E-state index contributed by atoms with van der Waals surface area (Å²) in [5.74, 6) is 0.121. The third-order valence-corrected chi connectivity index (χ3v) is 3.66. The summed E-state index contributed by atoms with van der Waals surface area (Å²) >= 11 is 0. The average molecular weight is 321 g/mol. The molecule has 0 bridgehead atoms. The molecular formula is C18H19N5O. The van der Waals surface area contributed by atoms with E-state index in [9.17, 15) is 4.79 Å². The Bertz CT molecular complexity index is 842. The first-order valence-corrected chi connectivity index (χ1v) is 7.85. The van der Waals surface area contributed by atoms with E-state index < -0.39 is 0 Å². The number of carbonyl (C=O) groups is 1. The highest BCUT2D eigenvalue weighted by Gasteiger charge is 2.13. The number of carbonyl (C=O) groups excluding carboxylic acids is 1. The number of nitrogens with one attached hydrogen (secondary N) is 1. The van der Waals surface area contributed by atoms with Crippen LogP contribution in [0.2, 0.25) is 0 Å². The van der Waals surface area contributed by atoms with Gasteiger partial charge in [0, 0.05) is 36.5 Å². The minimum absolute atomic E-state index is 0.221. The molecule has 3 aromatic heterocycles. The van der Waals surface area contributed by atoms with Crippen LogP contribution in [0.4, 0.5) is 5.95 Å². The Balaban J connectivity index is 1.79. The molecule has 0 aliphatic rings. The maximum atomic E-state index is 12.6. The molecule has 3 aromatic rings. The second-order valence-electron chi connectivity index (χ2n) is 5.51. The quantitative estimate of drug-likeness (QED) is 0.784. The first-order chi connectivity index (χ1) is 11.7. The predicted octanol–water partition coefficient (Wildman–Crippen LogP) is 2.84. The molecule has 0 aliphatic carbocycles. The molecule has 0 fully saturated rings. The molecule has 24 heavy (non-hydrogen) atoms. The molecular weight excluding hydrogens is 302 g/mol. The molecule has 3 rings (SSSR count). The van der Waals surface area contributed by atoms with Crippen LogP contribution in [-0.4, -0.2) is 25.4 Å². The number of hydrogen-bond donors (Lipinski definition) is 1. The van der Waals surface area contributed by atoms with Gasteiger partial charge in [-0.3, -0.25) is 15.1 Å². The molecule has 0 saturated heterocycles. The van der Waals surface area contributed by atoms with E-state index in [4.69, 9.17) is 0 Å². The molecule has 0 aliphatic heterocycles.